The predicted molar refractivity (Wildman–Crippen MR) is 124 cm³/mol. The van der Waals surface area contributed by atoms with Gasteiger partial charge >= 0.3 is 5.97 Å². The van der Waals surface area contributed by atoms with E-state index in [9.17, 15) is 4.79 Å². The molecule has 160 valence electrons. The molecule has 0 aromatic rings. The standard InChI is InChI=1S/C20H40N4O2.HI/c1-5-13-23(14-6-2)15-9-12-22-20(21-7-3)24-16-10-18(11-17-24)19(25)26-8-4;/h18H,5-17H2,1-4H3,(H,21,22);1H. The minimum Gasteiger partial charge on any atom is -0.466 e. The number of nitrogens with one attached hydrogen (secondary N) is 1. The van der Waals surface area contributed by atoms with E-state index in [4.69, 9.17) is 9.73 Å². The summed E-state index contributed by atoms with van der Waals surface area (Å²) in [6.07, 6.45) is 5.21. The molecule has 27 heavy (non-hydrogen) atoms. The number of aliphatic imine (C=N–C) groups is 1. The van der Waals surface area contributed by atoms with Crippen molar-refractivity contribution in [3.8, 4) is 0 Å². The maximum atomic E-state index is 11.9. The van der Waals surface area contributed by atoms with Crippen molar-refractivity contribution in [2.75, 3.05) is 52.4 Å². The number of carbonyl (C=O) groups excluding carboxylic acids is 1. The van der Waals surface area contributed by atoms with Gasteiger partial charge in [0.1, 0.15) is 0 Å². The second-order valence-electron chi connectivity index (χ2n) is 6.94. The zero-order valence-electron chi connectivity index (χ0n) is 17.8. The van der Waals surface area contributed by atoms with Crippen molar-refractivity contribution in [2.24, 2.45) is 10.9 Å². The van der Waals surface area contributed by atoms with Crippen LogP contribution in [0, 0.1) is 5.92 Å². The Morgan fingerprint density at radius 1 is 1.11 bits per heavy atom. The lowest BCUT2D eigenvalue weighted by Gasteiger charge is -2.33. The number of piperidine rings is 1. The van der Waals surface area contributed by atoms with Crippen LogP contribution in [0.2, 0.25) is 0 Å². The lowest BCUT2D eigenvalue weighted by atomic mass is 9.97. The van der Waals surface area contributed by atoms with Gasteiger partial charge in [-0.1, -0.05) is 13.8 Å². The molecule has 0 bridgehead atoms. The van der Waals surface area contributed by atoms with Crippen LogP contribution in [-0.4, -0.2) is 74.1 Å². The molecule has 1 N–H and O–H groups in total. The van der Waals surface area contributed by atoms with Crippen LogP contribution in [0.1, 0.15) is 59.8 Å². The van der Waals surface area contributed by atoms with Crippen LogP contribution < -0.4 is 5.32 Å². The zero-order valence-corrected chi connectivity index (χ0v) is 20.2. The Morgan fingerprint density at radius 2 is 1.74 bits per heavy atom. The van der Waals surface area contributed by atoms with E-state index in [0.717, 1.165) is 57.9 Å². The van der Waals surface area contributed by atoms with Gasteiger partial charge in [-0.2, -0.15) is 0 Å². The SMILES string of the molecule is CCCN(CCC)CCCN=C(NCC)N1CCC(C(=O)OCC)CC1.I. The van der Waals surface area contributed by atoms with Crippen LogP contribution >= 0.6 is 24.0 Å². The van der Waals surface area contributed by atoms with E-state index in [1.807, 2.05) is 6.92 Å². The van der Waals surface area contributed by atoms with Gasteiger partial charge in [0, 0.05) is 26.2 Å². The maximum Gasteiger partial charge on any atom is 0.309 e. The Hall–Kier alpha value is -0.570. The van der Waals surface area contributed by atoms with Crippen molar-refractivity contribution >= 4 is 35.9 Å². The quantitative estimate of drug-likeness (QED) is 0.156. The third-order valence-electron chi connectivity index (χ3n) is 4.72. The average molecular weight is 496 g/mol. The molecule has 0 unspecified atom stereocenters. The lowest BCUT2D eigenvalue weighted by Crippen LogP contribution is -2.46. The number of hydrogen-bond acceptors (Lipinski definition) is 4. The summed E-state index contributed by atoms with van der Waals surface area (Å²) in [6.45, 7) is 15.9. The number of nitrogens with zero attached hydrogens (tertiary/aromatic N) is 3. The van der Waals surface area contributed by atoms with E-state index in [1.165, 1.54) is 25.9 Å². The second-order valence-corrected chi connectivity index (χ2v) is 6.94. The summed E-state index contributed by atoms with van der Waals surface area (Å²) in [4.78, 5) is 21.5. The Kier molecular flexibility index (Phi) is 16.0. The molecular formula is C20H41IN4O2. The van der Waals surface area contributed by atoms with Crippen molar-refractivity contribution in [3.63, 3.8) is 0 Å². The molecular weight excluding hydrogens is 455 g/mol. The molecule has 1 rings (SSSR count). The van der Waals surface area contributed by atoms with E-state index in [-0.39, 0.29) is 35.9 Å². The summed E-state index contributed by atoms with van der Waals surface area (Å²) >= 11 is 0. The number of likely N-dealkylation sites (tertiary alicyclic amines) is 1. The van der Waals surface area contributed by atoms with Crippen molar-refractivity contribution in [1.82, 2.24) is 15.1 Å². The minimum absolute atomic E-state index is 0. The van der Waals surface area contributed by atoms with Gasteiger partial charge in [-0.15, -0.1) is 24.0 Å². The highest BCUT2D eigenvalue weighted by Gasteiger charge is 2.27. The number of ether oxygens (including phenoxy) is 1. The normalized spacial score (nSPS) is 15.6. The first-order valence-electron chi connectivity index (χ1n) is 10.6. The Bertz CT molecular complexity index is 407. The van der Waals surface area contributed by atoms with E-state index in [2.05, 4.69) is 35.9 Å². The fourth-order valence-electron chi connectivity index (χ4n) is 3.46. The van der Waals surface area contributed by atoms with Gasteiger partial charge in [-0.05, 0) is 65.6 Å². The van der Waals surface area contributed by atoms with Crippen LogP contribution in [-0.2, 0) is 9.53 Å². The summed E-state index contributed by atoms with van der Waals surface area (Å²) < 4.78 is 5.16. The fraction of sp³-hybridized carbons (Fsp3) is 0.900. The minimum atomic E-state index is -0.0407. The molecule has 0 amide bonds. The van der Waals surface area contributed by atoms with Gasteiger partial charge < -0.3 is 19.9 Å². The first kappa shape index (κ1) is 26.4. The zero-order chi connectivity index (χ0) is 19.2. The van der Waals surface area contributed by atoms with E-state index >= 15 is 0 Å². The van der Waals surface area contributed by atoms with Gasteiger partial charge in [0.05, 0.1) is 12.5 Å². The fourth-order valence-corrected chi connectivity index (χ4v) is 3.46. The Morgan fingerprint density at radius 3 is 2.26 bits per heavy atom. The second kappa shape index (κ2) is 16.4. The molecule has 1 aliphatic heterocycles. The van der Waals surface area contributed by atoms with Crippen molar-refractivity contribution < 1.29 is 9.53 Å². The van der Waals surface area contributed by atoms with Gasteiger partial charge in [0.25, 0.3) is 0 Å². The molecule has 0 atom stereocenters. The first-order valence-corrected chi connectivity index (χ1v) is 10.6. The molecule has 0 aliphatic carbocycles. The largest absolute Gasteiger partial charge is 0.466 e. The number of carbonyl (C=O) groups is 1. The monoisotopic (exact) mass is 496 g/mol. The first-order chi connectivity index (χ1) is 12.7. The number of hydrogen-bond donors (Lipinski definition) is 1. The average Bonchev–Trinajstić information content (AvgIpc) is 2.65. The van der Waals surface area contributed by atoms with Crippen molar-refractivity contribution in [3.05, 3.63) is 0 Å². The smallest absolute Gasteiger partial charge is 0.309 e. The summed E-state index contributed by atoms with van der Waals surface area (Å²) in [6, 6.07) is 0. The summed E-state index contributed by atoms with van der Waals surface area (Å²) in [5.41, 5.74) is 0. The Labute approximate surface area is 183 Å². The van der Waals surface area contributed by atoms with Gasteiger partial charge in [-0.25, -0.2) is 0 Å². The molecule has 1 aliphatic rings. The number of rotatable bonds is 11. The molecule has 1 fully saturated rings. The molecule has 6 nitrogen and oxygen atoms in total. The lowest BCUT2D eigenvalue weighted by molar-refractivity contribution is -0.149. The van der Waals surface area contributed by atoms with Crippen LogP contribution in [0.5, 0.6) is 0 Å². The predicted octanol–water partition coefficient (Wildman–Crippen LogP) is 3.36. The van der Waals surface area contributed by atoms with Crippen molar-refractivity contribution in [2.45, 2.75) is 59.8 Å². The van der Waals surface area contributed by atoms with Crippen LogP contribution in [0.4, 0.5) is 0 Å². The molecule has 0 radical (unpaired) electrons. The topological polar surface area (TPSA) is 57.2 Å². The molecule has 1 saturated heterocycles. The highest BCUT2D eigenvalue weighted by molar-refractivity contribution is 14.0. The molecule has 0 spiro atoms. The maximum absolute atomic E-state index is 11.9. The summed E-state index contributed by atoms with van der Waals surface area (Å²) in [5.74, 6) is 0.999. The van der Waals surface area contributed by atoms with Gasteiger partial charge in [0.2, 0.25) is 0 Å². The van der Waals surface area contributed by atoms with Crippen LogP contribution in [0.25, 0.3) is 0 Å². The molecule has 0 saturated carbocycles. The van der Waals surface area contributed by atoms with Gasteiger partial charge in [0.15, 0.2) is 5.96 Å². The third kappa shape index (κ3) is 10.5. The van der Waals surface area contributed by atoms with Crippen molar-refractivity contribution in [1.29, 1.82) is 0 Å². The summed E-state index contributed by atoms with van der Waals surface area (Å²) in [5, 5.41) is 3.41. The number of guanidine groups is 1. The molecule has 7 heteroatoms. The number of halogens is 1. The van der Waals surface area contributed by atoms with Crippen LogP contribution in [0.15, 0.2) is 4.99 Å². The molecule has 0 aromatic carbocycles. The van der Waals surface area contributed by atoms with E-state index in [0.29, 0.717) is 6.61 Å². The van der Waals surface area contributed by atoms with E-state index in [1.54, 1.807) is 0 Å². The van der Waals surface area contributed by atoms with Gasteiger partial charge in [-0.3, -0.25) is 9.79 Å². The Balaban J connectivity index is 0.00000676. The van der Waals surface area contributed by atoms with Crippen LogP contribution in [0.3, 0.4) is 0 Å². The molecule has 1 heterocycles. The number of esters is 1. The summed E-state index contributed by atoms with van der Waals surface area (Å²) in [7, 11) is 0. The highest BCUT2D eigenvalue weighted by Crippen LogP contribution is 2.18. The van der Waals surface area contributed by atoms with E-state index < -0.39 is 0 Å². The molecule has 0 aromatic heterocycles. The third-order valence-corrected chi connectivity index (χ3v) is 4.72. The highest BCUT2D eigenvalue weighted by atomic mass is 127.